The van der Waals surface area contributed by atoms with E-state index >= 15 is 0 Å². The molecule has 3 heterocycles. The van der Waals surface area contributed by atoms with Crippen LogP contribution in [0.15, 0.2) is 40.8 Å². The molecule has 1 aromatic carbocycles. The second-order valence-corrected chi connectivity index (χ2v) is 6.89. The van der Waals surface area contributed by atoms with Gasteiger partial charge >= 0.3 is 6.61 Å². The van der Waals surface area contributed by atoms with Crippen molar-refractivity contribution in [2.75, 3.05) is 43.1 Å². The Balaban J connectivity index is 0.00000141. The van der Waals surface area contributed by atoms with Crippen molar-refractivity contribution < 1.29 is 23.0 Å². The molecule has 32 heavy (non-hydrogen) atoms. The number of nitrogens with one attached hydrogen (secondary N) is 2. The van der Waals surface area contributed by atoms with Crippen LogP contribution in [0.4, 0.5) is 20.2 Å². The summed E-state index contributed by atoms with van der Waals surface area (Å²) in [5.41, 5.74) is 5.33. The van der Waals surface area contributed by atoms with Crippen LogP contribution < -0.4 is 20.4 Å². The summed E-state index contributed by atoms with van der Waals surface area (Å²) in [6.45, 7) is 5.46. The maximum Gasteiger partial charge on any atom is 0.387 e. The molecule has 1 amide bonds. The SMILES string of the molecule is CC.CCc1cc(NC(=O)C2=C3N=CC=CN3NC2)c(N2CCOCC2)cc1OC(F)F. The zero-order valence-electron chi connectivity index (χ0n) is 18.5. The van der Waals surface area contributed by atoms with Crippen LogP contribution in [0.5, 0.6) is 5.75 Å². The van der Waals surface area contributed by atoms with Crippen molar-refractivity contribution in [2.24, 2.45) is 4.99 Å². The van der Waals surface area contributed by atoms with Gasteiger partial charge in [-0.05, 0) is 24.1 Å². The minimum absolute atomic E-state index is 0.116. The van der Waals surface area contributed by atoms with Gasteiger partial charge in [0.25, 0.3) is 5.91 Å². The second kappa shape index (κ2) is 11.1. The number of rotatable bonds is 6. The Morgan fingerprint density at radius 1 is 1.31 bits per heavy atom. The summed E-state index contributed by atoms with van der Waals surface area (Å²) >= 11 is 0. The van der Waals surface area contributed by atoms with Crippen LogP contribution >= 0.6 is 0 Å². The molecule has 0 aliphatic carbocycles. The average molecular weight is 450 g/mol. The molecule has 3 aliphatic rings. The van der Waals surface area contributed by atoms with Gasteiger partial charge in [0.1, 0.15) is 5.75 Å². The average Bonchev–Trinajstić information content (AvgIpc) is 3.25. The second-order valence-electron chi connectivity index (χ2n) is 6.89. The van der Waals surface area contributed by atoms with Crippen molar-refractivity contribution >= 4 is 23.5 Å². The number of hydrogen-bond acceptors (Lipinski definition) is 7. The van der Waals surface area contributed by atoms with Gasteiger partial charge in [0, 0.05) is 38.1 Å². The number of hydrazine groups is 1. The van der Waals surface area contributed by atoms with E-state index in [1.165, 1.54) is 0 Å². The van der Waals surface area contributed by atoms with Crippen molar-refractivity contribution in [3.05, 3.63) is 41.4 Å². The van der Waals surface area contributed by atoms with E-state index in [1.54, 1.807) is 35.6 Å². The number of fused-ring (bicyclic) bond motifs is 1. The molecule has 3 aliphatic heterocycles. The number of morpholine rings is 1. The summed E-state index contributed by atoms with van der Waals surface area (Å²) in [6, 6.07) is 3.28. The molecule has 0 spiro atoms. The highest BCUT2D eigenvalue weighted by Crippen LogP contribution is 2.36. The van der Waals surface area contributed by atoms with E-state index in [2.05, 4.69) is 15.7 Å². The molecule has 10 heteroatoms. The highest BCUT2D eigenvalue weighted by Gasteiger charge is 2.28. The number of anilines is 2. The Morgan fingerprint density at radius 2 is 2.06 bits per heavy atom. The highest BCUT2D eigenvalue weighted by atomic mass is 19.3. The van der Waals surface area contributed by atoms with Crippen molar-refractivity contribution in [2.45, 2.75) is 33.8 Å². The first-order valence-electron chi connectivity index (χ1n) is 10.8. The van der Waals surface area contributed by atoms with Crippen molar-refractivity contribution in [1.82, 2.24) is 10.4 Å². The van der Waals surface area contributed by atoms with Crippen LogP contribution in [0.3, 0.4) is 0 Å². The molecule has 174 valence electrons. The Bertz CT molecular complexity index is 911. The molecule has 0 atom stereocenters. The number of aryl methyl sites for hydroxylation is 1. The van der Waals surface area contributed by atoms with Gasteiger partial charge in [-0.1, -0.05) is 20.8 Å². The van der Waals surface area contributed by atoms with E-state index in [0.717, 1.165) is 0 Å². The molecule has 8 nitrogen and oxygen atoms in total. The number of aliphatic imine (C=N–C) groups is 1. The Hall–Kier alpha value is -2.98. The summed E-state index contributed by atoms with van der Waals surface area (Å²) in [7, 11) is 0. The van der Waals surface area contributed by atoms with Crippen LogP contribution in [0.2, 0.25) is 0 Å². The molecule has 2 N–H and O–H groups in total. The minimum Gasteiger partial charge on any atom is -0.434 e. The summed E-state index contributed by atoms with van der Waals surface area (Å²) in [4.78, 5) is 19.3. The quantitative estimate of drug-likeness (QED) is 0.694. The molecular weight excluding hydrogens is 420 g/mol. The summed E-state index contributed by atoms with van der Waals surface area (Å²) in [5.74, 6) is 0.354. The fraction of sp³-hybridized carbons (Fsp3) is 0.455. The number of carbonyl (C=O) groups is 1. The lowest BCUT2D eigenvalue weighted by atomic mass is 10.1. The van der Waals surface area contributed by atoms with Gasteiger partial charge in [-0.2, -0.15) is 8.78 Å². The zero-order chi connectivity index (χ0) is 23.1. The maximum absolute atomic E-state index is 13.0. The Labute approximate surface area is 186 Å². The molecule has 0 saturated carbocycles. The van der Waals surface area contributed by atoms with E-state index < -0.39 is 6.61 Å². The van der Waals surface area contributed by atoms with Gasteiger partial charge < -0.3 is 19.7 Å². The third-order valence-electron chi connectivity index (χ3n) is 5.09. The molecule has 4 rings (SSSR count). The van der Waals surface area contributed by atoms with E-state index in [-0.39, 0.29) is 11.7 Å². The largest absolute Gasteiger partial charge is 0.434 e. The lowest BCUT2D eigenvalue weighted by Crippen LogP contribution is -2.37. The van der Waals surface area contributed by atoms with E-state index in [9.17, 15) is 13.6 Å². The minimum atomic E-state index is -2.92. The summed E-state index contributed by atoms with van der Waals surface area (Å²) in [6.07, 6.45) is 5.65. The van der Waals surface area contributed by atoms with Crippen molar-refractivity contribution in [3.8, 4) is 5.75 Å². The number of halogens is 2. The first-order chi connectivity index (χ1) is 15.6. The van der Waals surface area contributed by atoms with Gasteiger partial charge in [0.2, 0.25) is 0 Å². The van der Waals surface area contributed by atoms with Crippen LogP contribution in [0.25, 0.3) is 0 Å². The number of nitrogens with zero attached hydrogens (tertiary/aromatic N) is 3. The Morgan fingerprint density at radius 3 is 2.75 bits per heavy atom. The molecule has 1 aromatic rings. The number of ether oxygens (including phenoxy) is 2. The molecule has 1 fully saturated rings. The van der Waals surface area contributed by atoms with Crippen LogP contribution in [-0.4, -0.2) is 56.6 Å². The van der Waals surface area contributed by atoms with Crippen LogP contribution in [0.1, 0.15) is 26.3 Å². The first-order valence-corrected chi connectivity index (χ1v) is 10.8. The predicted octanol–water partition coefficient (Wildman–Crippen LogP) is 3.28. The van der Waals surface area contributed by atoms with E-state index in [4.69, 9.17) is 9.47 Å². The van der Waals surface area contributed by atoms with Gasteiger partial charge in [-0.25, -0.2) is 10.4 Å². The molecule has 0 unspecified atom stereocenters. The molecule has 1 saturated heterocycles. The predicted molar refractivity (Wildman–Crippen MR) is 120 cm³/mol. The normalized spacial score (nSPS) is 17.3. The van der Waals surface area contributed by atoms with Gasteiger partial charge in [0.05, 0.1) is 30.2 Å². The van der Waals surface area contributed by atoms with Gasteiger partial charge in [-0.3, -0.25) is 9.80 Å². The fourth-order valence-corrected chi connectivity index (χ4v) is 3.61. The number of alkyl halides is 2. The zero-order valence-corrected chi connectivity index (χ0v) is 18.5. The van der Waals surface area contributed by atoms with Gasteiger partial charge in [0.15, 0.2) is 5.82 Å². The monoisotopic (exact) mass is 449 g/mol. The third-order valence-corrected chi connectivity index (χ3v) is 5.09. The molecule has 0 aromatic heterocycles. The molecule has 0 bridgehead atoms. The van der Waals surface area contributed by atoms with Crippen LogP contribution in [0, 0.1) is 0 Å². The number of benzene rings is 1. The molecule has 0 radical (unpaired) electrons. The summed E-state index contributed by atoms with van der Waals surface area (Å²) < 4.78 is 36.0. The third kappa shape index (κ3) is 5.25. The maximum atomic E-state index is 13.0. The van der Waals surface area contributed by atoms with Gasteiger partial charge in [-0.15, -0.1) is 0 Å². The topological polar surface area (TPSA) is 78.4 Å². The van der Waals surface area contributed by atoms with Crippen molar-refractivity contribution in [1.29, 1.82) is 0 Å². The van der Waals surface area contributed by atoms with Crippen LogP contribution in [-0.2, 0) is 16.0 Å². The van der Waals surface area contributed by atoms with Crippen molar-refractivity contribution in [3.63, 3.8) is 0 Å². The fourth-order valence-electron chi connectivity index (χ4n) is 3.61. The lowest BCUT2D eigenvalue weighted by molar-refractivity contribution is -0.112. The number of amides is 1. The lowest BCUT2D eigenvalue weighted by Gasteiger charge is -2.31. The van der Waals surface area contributed by atoms with E-state index in [1.807, 2.05) is 25.7 Å². The summed E-state index contributed by atoms with van der Waals surface area (Å²) in [5, 5.41) is 4.64. The highest BCUT2D eigenvalue weighted by molar-refractivity contribution is 6.07. The smallest absolute Gasteiger partial charge is 0.387 e. The Kier molecular flexibility index (Phi) is 8.18. The van der Waals surface area contributed by atoms with E-state index in [0.29, 0.717) is 67.6 Å². The number of hydrogen-bond donors (Lipinski definition) is 2. The number of allylic oxidation sites excluding steroid dienone is 1. The number of carbonyl (C=O) groups excluding carboxylic acids is 1. The molecular formula is C22H29F2N5O3. The standard InChI is InChI=1S/C20H23F2N5O3.C2H6/c1-2-13-10-15(25-19(28)14-12-24-27-5-3-4-23-18(14)27)16(11-17(13)30-20(21)22)26-6-8-29-9-7-26;1-2/h3-5,10-11,20,24H,2,6-9,12H2,1H3,(H,25,28);1-2H3. The first kappa shape index (κ1) is 23.7.